The molecule has 0 saturated carbocycles. The fraction of sp³-hybridized carbons (Fsp3) is 0.333. The number of amidine groups is 1. The standard InChI is InChI=1S/C15H17ClN4O2S2/c1-3-7-17-14(23)18-15-19(11(4-2)9-24-15)12-6-5-10(16)8-13(12)20(21)22/h3,5-6,8,11H,1,4,7,9H2,2H3,(H,17,23)/t11-/m0/s1. The van der Waals surface area contributed by atoms with Crippen molar-refractivity contribution < 1.29 is 4.92 Å². The Labute approximate surface area is 155 Å². The molecule has 0 aromatic heterocycles. The third kappa shape index (κ3) is 4.25. The first-order chi connectivity index (χ1) is 11.5. The van der Waals surface area contributed by atoms with Gasteiger partial charge >= 0.3 is 0 Å². The number of aliphatic imine (C=N–C) groups is 1. The zero-order chi connectivity index (χ0) is 17.7. The van der Waals surface area contributed by atoms with Crippen LogP contribution in [-0.4, -0.2) is 33.5 Å². The smallest absolute Gasteiger partial charge is 0.294 e. The summed E-state index contributed by atoms with van der Waals surface area (Å²) in [5.41, 5.74) is 0.438. The summed E-state index contributed by atoms with van der Waals surface area (Å²) in [5.74, 6) is 0.791. The minimum Gasteiger partial charge on any atom is -0.357 e. The van der Waals surface area contributed by atoms with E-state index in [0.29, 0.717) is 27.5 Å². The lowest BCUT2D eigenvalue weighted by Gasteiger charge is -2.25. The molecule has 1 saturated heterocycles. The van der Waals surface area contributed by atoms with Crippen LogP contribution in [0.4, 0.5) is 11.4 Å². The fourth-order valence-electron chi connectivity index (χ4n) is 2.29. The third-order valence-corrected chi connectivity index (χ3v) is 5.00. The minimum absolute atomic E-state index is 0.0406. The lowest BCUT2D eigenvalue weighted by Crippen LogP contribution is -2.35. The first kappa shape index (κ1) is 18.7. The van der Waals surface area contributed by atoms with Crippen molar-refractivity contribution in [3.05, 3.63) is 46.0 Å². The molecule has 2 rings (SSSR count). The van der Waals surface area contributed by atoms with E-state index in [1.807, 2.05) is 11.8 Å². The summed E-state index contributed by atoms with van der Waals surface area (Å²) in [7, 11) is 0. The van der Waals surface area contributed by atoms with Gasteiger partial charge in [0.2, 0.25) is 0 Å². The number of halogens is 1. The van der Waals surface area contributed by atoms with Crippen LogP contribution in [0.3, 0.4) is 0 Å². The number of anilines is 1. The number of rotatable bonds is 5. The molecule has 1 aromatic rings. The molecule has 1 fully saturated rings. The Bertz CT molecular complexity index is 696. The summed E-state index contributed by atoms with van der Waals surface area (Å²) in [4.78, 5) is 17.3. The molecule has 1 aliphatic heterocycles. The van der Waals surface area contributed by atoms with Crippen molar-refractivity contribution in [2.45, 2.75) is 19.4 Å². The first-order valence-electron chi connectivity index (χ1n) is 7.31. The van der Waals surface area contributed by atoms with E-state index in [9.17, 15) is 10.1 Å². The first-order valence-corrected chi connectivity index (χ1v) is 9.08. The van der Waals surface area contributed by atoms with Crippen molar-refractivity contribution in [3.63, 3.8) is 0 Å². The van der Waals surface area contributed by atoms with E-state index >= 15 is 0 Å². The molecule has 0 spiro atoms. The lowest BCUT2D eigenvalue weighted by atomic mass is 10.2. The van der Waals surface area contributed by atoms with Crippen molar-refractivity contribution in [2.75, 3.05) is 17.2 Å². The monoisotopic (exact) mass is 384 g/mol. The van der Waals surface area contributed by atoms with Gasteiger partial charge in [-0.05, 0) is 30.8 Å². The predicted octanol–water partition coefficient (Wildman–Crippen LogP) is 4.00. The van der Waals surface area contributed by atoms with Gasteiger partial charge in [0.1, 0.15) is 5.69 Å². The third-order valence-electron chi connectivity index (χ3n) is 3.44. The highest BCUT2D eigenvalue weighted by atomic mass is 35.5. The average Bonchev–Trinajstić information content (AvgIpc) is 2.95. The molecule has 0 radical (unpaired) electrons. The summed E-state index contributed by atoms with van der Waals surface area (Å²) >= 11 is 12.6. The topological polar surface area (TPSA) is 70.8 Å². The molecule has 0 aliphatic carbocycles. The fourth-order valence-corrected chi connectivity index (χ4v) is 3.95. The van der Waals surface area contributed by atoms with Gasteiger partial charge in [-0.25, -0.2) is 0 Å². The molecule has 1 heterocycles. The van der Waals surface area contributed by atoms with E-state index < -0.39 is 4.92 Å². The van der Waals surface area contributed by atoms with Gasteiger partial charge in [-0.15, -0.1) is 6.58 Å². The van der Waals surface area contributed by atoms with Gasteiger partial charge in [-0.3, -0.25) is 10.1 Å². The van der Waals surface area contributed by atoms with Crippen molar-refractivity contribution in [1.29, 1.82) is 0 Å². The van der Waals surface area contributed by atoms with Gasteiger partial charge in [0.15, 0.2) is 10.3 Å². The Hall–Kier alpha value is -1.64. The maximum atomic E-state index is 11.4. The van der Waals surface area contributed by atoms with Crippen molar-refractivity contribution in [2.24, 2.45) is 4.99 Å². The van der Waals surface area contributed by atoms with Crippen molar-refractivity contribution in [1.82, 2.24) is 5.32 Å². The number of nitro groups is 1. The van der Waals surface area contributed by atoms with Gasteiger partial charge in [-0.2, -0.15) is 4.99 Å². The molecule has 1 atom stereocenters. The summed E-state index contributed by atoms with van der Waals surface area (Å²) in [5, 5.41) is 15.7. The molecule has 0 unspecified atom stereocenters. The van der Waals surface area contributed by atoms with Crippen molar-refractivity contribution >= 4 is 57.2 Å². The number of hydrogen-bond acceptors (Lipinski definition) is 4. The van der Waals surface area contributed by atoms with Gasteiger partial charge in [0, 0.05) is 29.4 Å². The molecule has 128 valence electrons. The Balaban J connectivity index is 2.43. The second kappa shape index (κ2) is 8.46. The largest absolute Gasteiger partial charge is 0.357 e. The quantitative estimate of drug-likeness (QED) is 0.358. The van der Waals surface area contributed by atoms with Gasteiger partial charge in [0.25, 0.3) is 5.69 Å². The van der Waals surface area contributed by atoms with Crippen LogP contribution < -0.4 is 10.2 Å². The Morgan fingerprint density at radius 1 is 1.71 bits per heavy atom. The lowest BCUT2D eigenvalue weighted by molar-refractivity contribution is -0.384. The summed E-state index contributed by atoms with van der Waals surface area (Å²) in [6.45, 7) is 6.17. The second-order valence-corrected chi connectivity index (χ2v) is 6.81. The number of nitro benzene ring substituents is 1. The number of benzene rings is 1. The Morgan fingerprint density at radius 3 is 3.08 bits per heavy atom. The van der Waals surface area contributed by atoms with E-state index in [1.54, 1.807) is 18.2 Å². The molecule has 6 nitrogen and oxygen atoms in total. The highest BCUT2D eigenvalue weighted by Crippen LogP contribution is 2.38. The molecular weight excluding hydrogens is 368 g/mol. The normalized spacial score (nSPS) is 18.7. The molecule has 0 amide bonds. The summed E-state index contributed by atoms with van der Waals surface area (Å²) in [6.07, 6.45) is 2.52. The second-order valence-electron chi connectivity index (χ2n) is 5.00. The predicted molar refractivity (Wildman–Crippen MR) is 105 cm³/mol. The maximum Gasteiger partial charge on any atom is 0.294 e. The molecule has 1 N–H and O–H groups in total. The number of hydrogen-bond donors (Lipinski definition) is 1. The van der Waals surface area contributed by atoms with Crippen LogP contribution in [0.2, 0.25) is 5.02 Å². The highest BCUT2D eigenvalue weighted by Gasteiger charge is 2.34. The summed E-state index contributed by atoms with van der Waals surface area (Å²) in [6, 6.07) is 4.77. The number of thioether (sulfide) groups is 1. The van der Waals surface area contributed by atoms with Crippen LogP contribution in [0, 0.1) is 10.1 Å². The number of nitrogens with zero attached hydrogens (tertiary/aromatic N) is 3. The molecular formula is C15H17ClN4O2S2. The highest BCUT2D eigenvalue weighted by molar-refractivity contribution is 8.14. The summed E-state index contributed by atoms with van der Waals surface area (Å²) < 4.78 is 0. The average molecular weight is 385 g/mol. The van der Waals surface area contributed by atoms with E-state index in [1.165, 1.54) is 17.8 Å². The molecule has 0 bridgehead atoms. The zero-order valence-corrected chi connectivity index (χ0v) is 15.5. The van der Waals surface area contributed by atoms with Crippen LogP contribution in [-0.2, 0) is 0 Å². The maximum absolute atomic E-state index is 11.4. The van der Waals surface area contributed by atoms with Gasteiger partial charge in [0.05, 0.1) is 4.92 Å². The molecule has 1 aromatic carbocycles. The Morgan fingerprint density at radius 2 is 2.46 bits per heavy atom. The number of nitrogens with one attached hydrogen (secondary N) is 1. The SMILES string of the molecule is C=CCNC(=S)N=C1SC[C@H](CC)N1c1ccc(Cl)cc1[N+](=O)[O-]. The number of thiocarbonyl (C=S) groups is 1. The van der Waals surface area contributed by atoms with Crippen LogP contribution in [0.15, 0.2) is 35.8 Å². The van der Waals surface area contributed by atoms with Crippen LogP contribution in [0.25, 0.3) is 0 Å². The van der Waals surface area contributed by atoms with Crippen LogP contribution in [0.5, 0.6) is 0 Å². The Kier molecular flexibility index (Phi) is 6.59. The molecule has 24 heavy (non-hydrogen) atoms. The van der Waals surface area contributed by atoms with E-state index in [2.05, 4.69) is 16.9 Å². The van der Waals surface area contributed by atoms with E-state index in [-0.39, 0.29) is 11.7 Å². The van der Waals surface area contributed by atoms with Crippen LogP contribution >= 0.6 is 35.6 Å². The van der Waals surface area contributed by atoms with Gasteiger partial charge in [-0.1, -0.05) is 36.4 Å². The van der Waals surface area contributed by atoms with Crippen molar-refractivity contribution in [3.8, 4) is 0 Å². The molecule has 9 heteroatoms. The zero-order valence-electron chi connectivity index (χ0n) is 13.1. The molecule has 1 aliphatic rings. The minimum atomic E-state index is -0.428. The van der Waals surface area contributed by atoms with Crippen LogP contribution in [0.1, 0.15) is 13.3 Å². The van der Waals surface area contributed by atoms with E-state index in [0.717, 1.165) is 12.2 Å². The van der Waals surface area contributed by atoms with Gasteiger partial charge < -0.3 is 10.2 Å². The van der Waals surface area contributed by atoms with E-state index in [4.69, 9.17) is 23.8 Å².